The van der Waals surface area contributed by atoms with Crippen LogP contribution < -0.4 is 0 Å². The summed E-state index contributed by atoms with van der Waals surface area (Å²) in [6.07, 6.45) is 1.64. The molecule has 150 valence electrons. The van der Waals surface area contributed by atoms with Crippen LogP contribution in [0.3, 0.4) is 0 Å². The molecule has 2 saturated heterocycles. The molecule has 8 heteroatoms. The van der Waals surface area contributed by atoms with Gasteiger partial charge in [0, 0.05) is 44.7 Å². The number of tetrazole rings is 1. The second-order valence-corrected chi connectivity index (χ2v) is 7.89. The molecular formula is C20H27N5O3. The van der Waals surface area contributed by atoms with Crippen LogP contribution in [0.25, 0.3) is 11.4 Å². The minimum absolute atomic E-state index is 0.0289. The van der Waals surface area contributed by atoms with Gasteiger partial charge in [-0.1, -0.05) is 44.2 Å². The first kappa shape index (κ1) is 19.0. The number of rotatable bonds is 4. The van der Waals surface area contributed by atoms with Crippen molar-refractivity contribution in [3.05, 3.63) is 30.3 Å². The summed E-state index contributed by atoms with van der Waals surface area (Å²) in [5, 5.41) is 12.9. The fourth-order valence-corrected chi connectivity index (χ4v) is 3.96. The molecule has 2 fully saturated rings. The predicted molar refractivity (Wildman–Crippen MR) is 102 cm³/mol. The highest BCUT2D eigenvalue weighted by atomic mass is 16.5. The van der Waals surface area contributed by atoms with Gasteiger partial charge in [-0.2, -0.15) is 4.80 Å². The summed E-state index contributed by atoms with van der Waals surface area (Å²) in [6.45, 7) is 7.12. The third-order valence-electron chi connectivity index (χ3n) is 5.56. The van der Waals surface area contributed by atoms with Crippen LogP contribution in [-0.2, 0) is 14.3 Å². The van der Waals surface area contributed by atoms with Crippen LogP contribution in [0.5, 0.6) is 0 Å². The monoisotopic (exact) mass is 385 g/mol. The molecule has 4 rings (SSSR count). The Kier molecular flexibility index (Phi) is 5.41. The minimum atomic E-state index is -0.486. The zero-order chi connectivity index (χ0) is 19.6. The van der Waals surface area contributed by atoms with Crippen LogP contribution in [0.15, 0.2) is 30.3 Å². The number of aromatic nitrogens is 4. The van der Waals surface area contributed by atoms with Crippen molar-refractivity contribution in [1.29, 1.82) is 0 Å². The van der Waals surface area contributed by atoms with E-state index in [2.05, 4.69) is 15.4 Å². The summed E-state index contributed by atoms with van der Waals surface area (Å²) >= 11 is 0. The quantitative estimate of drug-likeness (QED) is 0.800. The molecule has 0 saturated carbocycles. The summed E-state index contributed by atoms with van der Waals surface area (Å²) in [6, 6.07) is 9.19. The minimum Gasteiger partial charge on any atom is -0.381 e. The molecule has 0 radical (unpaired) electrons. The number of carbonyl (C=O) groups excluding carboxylic acids is 1. The maximum absolute atomic E-state index is 13.4. The van der Waals surface area contributed by atoms with Crippen molar-refractivity contribution in [2.75, 3.05) is 32.9 Å². The van der Waals surface area contributed by atoms with E-state index in [-0.39, 0.29) is 17.4 Å². The third-order valence-corrected chi connectivity index (χ3v) is 5.56. The highest BCUT2D eigenvalue weighted by molar-refractivity contribution is 5.80. The van der Waals surface area contributed by atoms with Gasteiger partial charge in [0.25, 0.3) is 0 Å². The fraction of sp³-hybridized carbons (Fsp3) is 0.600. The number of hydrogen-bond donors (Lipinski definition) is 0. The summed E-state index contributed by atoms with van der Waals surface area (Å²) in [4.78, 5) is 16.8. The molecule has 1 aromatic heterocycles. The Morgan fingerprint density at radius 3 is 2.61 bits per heavy atom. The van der Waals surface area contributed by atoms with Gasteiger partial charge in [-0.25, -0.2) is 0 Å². The SMILES string of the molecule is CC(C)C(C(=O)N1CCOC2(CCOCC2)C1)n1nnc(-c2ccccc2)n1. The number of carbonyl (C=O) groups is 1. The highest BCUT2D eigenvalue weighted by Crippen LogP contribution is 2.31. The van der Waals surface area contributed by atoms with E-state index >= 15 is 0 Å². The highest BCUT2D eigenvalue weighted by Gasteiger charge is 2.42. The smallest absolute Gasteiger partial charge is 0.249 e. The average molecular weight is 385 g/mol. The first-order valence-corrected chi connectivity index (χ1v) is 9.93. The van der Waals surface area contributed by atoms with Gasteiger partial charge < -0.3 is 14.4 Å². The number of ether oxygens (including phenoxy) is 2. The summed E-state index contributed by atoms with van der Waals surface area (Å²) < 4.78 is 11.5. The van der Waals surface area contributed by atoms with Crippen molar-refractivity contribution < 1.29 is 14.3 Å². The van der Waals surface area contributed by atoms with Crippen molar-refractivity contribution in [1.82, 2.24) is 25.1 Å². The van der Waals surface area contributed by atoms with Crippen molar-refractivity contribution in [3.63, 3.8) is 0 Å². The molecule has 28 heavy (non-hydrogen) atoms. The lowest BCUT2D eigenvalue weighted by Crippen LogP contribution is -2.57. The van der Waals surface area contributed by atoms with Crippen LogP contribution >= 0.6 is 0 Å². The fourth-order valence-electron chi connectivity index (χ4n) is 3.96. The molecule has 1 spiro atoms. The molecule has 1 amide bonds. The number of morpholine rings is 1. The Morgan fingerprint density at radius 2 is 1.89 bits per heavy atom. The molecule has 8 nitrogen and oxygen atoms in total. The molecule has 0 bridgehead atoms. The Balaban J connectivity index is 1.54. The lowest BCUT2D eigenvalue weighted by molar-refractivity contribution is -0.171. The lowest BCUT2D eigenvalue weighted by atomic mass is 9.91. The Bertz CT molecular complexity index is 796. The van der Waals surface area contributed by atoms with Crippen molar-refractivity contribution in [3.8, 4) is 11.4 Å². The molecule has 1 aromatic carbocycles. The van der Waals surface area contributed by atoms with E-state index in [9.17, 15) is 4.79 Å². The number of benzene rings is 1. The molecule has 2 aromatic rings. The Hall–Kier alpha value is -2.32. The van der Waals surface area contributed by atoms with Crippen LogP contribution in [0.4, 0.5) is 0 Å². The summed E-state index contributed by atoms with van der Waals surface area (Å²) in [5.74, 6) is 0.599. The zero-order valence-corrected chi connectivity index (χ0v) is 16.5. The molecule has 2 aliphatic rings. The second-order valence-electron chi connectivity index (χ2n) is 7.89. The van der Waals surface area contributed by atoms with Gasteiger partial charge in [-0.3, -0.25) is 4.79 Å². The molecule has 1 atom stereocenters. The van der Waals surface area contributed by atoms with E-state index in [4.69, 9.17) is 9.47 Å². The van der Waals surface area contributed by atoms with Gasteiger partial charge in [-0.15, -0.1) is 10.2 Å². The Morgan fingerprint density at radius 1 is 1.14 bits per heavy atom. The van der Waals surface area contributed by atoms with Gasteiger partial charge in [-0.05, 0) is 11.1 Å². The normalized spacial score (nSPS) is 20.5. The second kappa shape index (κ2) is 7.97. The number of hydrogen-bond acceptors (Lipinski definition) is 6. The van der Waals surface area contributed by atoms with Gasteiger partial charge in [0.05, 0.1) is 12.2 Å². The maximum Gasteiger partial charge on any atom is 0.249 e. The largest absolute Gasteiger partial charge is 0.381 e. The third kappa shape index (κ3) is 3.79. The zero-order valence-electron chi connectivity index (χ0n) is 16.5. The van der Waals surface area contributed by atoms with Gasteiger partial charge >= 0.3 is 0 Å². The number of nitrogens with zero attached hydrogens (tertiary/aromatic N) is 5. The standard InChI is InChI=1S/C20H27N5O3/c1-15(2)17(25-22-18(21-23-25)16-6-4-3-5-7-16)19(26)24-10-13-28-20(14-24)8-11-27-12-9-20/h3-7,15,17H,8-14H2,1-2H3. The van der Waals surface area contributed by atoms with Crippen LogP contribution in [-0.4, -0.2) is 69.5 Å². The number of amides is 1. The van der Waals surface area contributed by atoms with E-state index in [1.54, 1.807) is 0 Å². The van der Waals surface area contributed by atoms with Gasteiger partial charge in [0.2, 0.25) is 11.7 Å². The summed E-state index contributed by atoms with van der Waals surface area (Å²) in [7, 11) is 0. The van der Waals surface area contributed by atoms with Crippen molar-refractivity contribution in [2.24, 2.45) is 5.92 Å². The molecule has 2 aliphatic heterocycles. The van der Waals surface area contributed by atoms with Crippen LogP contribution in [0, 0.1) is 5.92 Å². The maximum atomic E-state index is 13.4. The van der Waals surface area contributed by atoms with E-state index < -0.39 is 6.04 Å². The average Bonchev–Trinajstić information content (AvgIpc) is 3.19. The lowest BCUT2D eigenvalue weighted by Gasteiger charge is -2.45. The van der Waals surface area contributed by atoms with Crippen molar-refractivity contribution in [2.45, 2.75) is 38.3 Å². The van der Waals surface area contributed by atoms with Gasteiger partial charge in [0.1, 0.15) is 0 Å². The Labute approximate surface area is 164 Å². The van der Waals surface area contributed by atoms with Crippen molar-refractivity contribution >= 4 is 5.91 Å². The topological polar surface area (TPSA) is 82.4 Å². The van der Waals surface area contributed by atoms with E-state index in [0.717, 1.165) is 18.4 Å². The van der Waals surface area contributed by atoms with E-state index in [1.165, 1.54) is 4.80 Å². The van der Waals surface area contributed by atoms with E-state index in [0.29, 0.717) is 38.7 Å². The molecule has 3 heterocycles. The van der Waals surface area contributed by atoms with Crippen LogP contribution in [0.2, 0.25) is 0 Å². The molecule has 1 unspecified atom stereocenters. The molecule has 0 aliphatic carbocycles. The first-order chi connectivity index (χ1) is 13.6. The van der Waals surface area contributed by atoms with Crippen LogP contribution in [0.1, 0.15) is 32.7 Å². The predicted octanol–water partition coefficient (Wildman–Crippen LogP) is 1.95. The molecular weight excluding hydrogens is 358 g/mol. The van der Waals surface area contributed by atoms with Gasteiger partial charge in [0.15, 0.2) is 6.04 Å². The first-order valence-electron chi connectivity index (χ1n) is 9.93. The summed E-state index contributed by atoms with van der Waals surface area (Å²) in [5.41, 5.74) is 0.606. The van der Waals surface area contributed by atoms with E-state index in [1.807, 2.05) is 49.1 Å². The molecule has 0 N–H and O–H groups in total.